The molecule has 1 fully saturated rings. The number of aromatic carboxylic acids is 1. The van der Waals surface area contributed by atoms with E-state index in [2.05, 4.69) is 0 Å². The van der Waals surface area contributed by atoms with Crippen LogP contribution < -0.4 is 15.2 Å². The molecule has 0 aliphatic heterocycles. The molecule has 5 heteroatoms. The van der Waals surface area contributed by atoms with E-state index in [0.717, 1.165) is 19.3 Å². The quantitative estimate of drug-likeness (QED) is 0.781. The van der Waals surface area contributed by atoms with Crippen molar-refractivity contribution in [3.63, 3.8) is 0 Å². The summed E-state index contributed by atoms with van der Waals surface area (Å²) in [6.07, 6.45) is 3.30. The zero-order chi connectivity index (χ0) is 12.4. The number of benzene rings is 1. The molecule has 0 atom stereocenters. The van der Waals surface area contributed by atoms with Crippen molar-refractivity contribution in [2.75, 3.05) is 12.8 Å². The monoisotopic (exact) mass is 237 g/mol. The highest BCUT2D eigenvalue weighted by Gasteiger charge is 2.22. The maximum absolute atomic E-state index is 11.0. The van der Waals surface area contributed by atoms with Gasteiger partial charge < -0.3 is 20.3 Å². The van der Waals surface area contributed by atoms with E-state index in [9.17, 15) is 4.79 Å². The van der Waals surface area contributed by atoms with E-state index in [1.165, 1.54) is 19.2 Å². The van der Waals surface area contributed by atoms with Gasteiger partial charge in [0.15, 0.2) is 11.5 Å². The number of carboxylic acid groups (broad SMARTS) is 1. The molecular formula is C12H15NO4. The Hall–Kier alpha value is -1.91. The number of carbonyl (C=O) groups is 1. The van der Waals surface area contributed by atoms with Gasteiger partial charge in [0.2, 0.25) is 0 Å². The summed E-state index contributed by atoms with van der Waals surface area (Å²) in [6.45, 7) is 0. The molecule has 0 saturated heterocycles. The maximum atomic E-state index is 11.0. The molecule has 1 aliphatic carbocycles. The summed E-state index contributed by atoms with van der Waals surface area (Å²) in [5.41, 5.74) is 5.85. The predicted octanol–water partition coefficient (Wildman–Crippen LogP) is 1.91. The van der Waals surface area contributed by atoms with E-state index < -0.39 is 5.97 Å². The molecule has 5 nitrogen and oxygen atoms in total. The van der Waals surface area contributed by atoms with Crippen molar-refractivity contribution >= 4 is 11.7 Å². The standard InChI is InChI=1S/C12H15NO4/c1-16-10-6-9(13)8(12(14)15)5-11(10)17-7-3-2-4-7/h5-7H,2-4,13H2,1H3,(H,14,15). The highest BCUT2D eigenvalue weighted by molar-refractivity contribution is 5.94. The van der Waals surface area contributed by atoms with E-state index in [4.69, 9.17) is 20.3 Å². The number of nitrogen functional groups attached to an aromatic ring is 1. The van der Waals surface area contributed by atoms with Crippen LogP contribution in [0.5, 0.6) is 11.5 Å². The summed E-state index contributed by atoms with van der Waals surface area (Å²) >= 11 is 0. The van der Waals surface area contributed by atoms with E-state index in [1.54, 1.807) is 0 Å². The zero-order valence-electron chi connectivity index (χ0n) is 9.60. The van der Waals surface area contributed by atoms with Crippen molar-refractivity contribution in [2.24, 2.45) is 0 Å². The first-order valence-corrected chi connectivity index (χ1v) is 5.49. The summed E-state index contributed by atoms with van der Waals surface area (Å²) in [6, 6.07) is 2.91. The second-order valence-electron chi connectivity index (χ2n) is 4.07. The van der Waals surface area contributed by atoms with Crippen molar-refractivity contribution in [1.82, 2.24) is 0 Å². The third-order valence-corrected chi connectivity index (χ3v) is 2.91. The van der Waals surface area contributed by atoms with Crippen LogP contribution in [0.4, 0.5) is 5.69 Å². The summed E-state index contributed by atoms with van der Waals surface area (Å²) in [5, 5.41) is 8.98. The Kier molecular flexibility index (Phi) is 3.08. The molecular weight excluding hydrogens is 222 g/mol. The van der Waals surface area contributed by atoms with Gasteiger partial charge in [-0.05, 0) is 19.3 Å². The molecule has 0 heterocycles. The Labute approximate surface area is 99.1 Å². The second-order valence-corrected chi connectivity index (χ2v) is 4.07. The fourth-order valence-corrected chi connectivity index (χ4v) is 1.68. The zero-order valence-corrected chi connectivity index (χ0v) is 9.60. The van der Waals surface area contributed by atoms with Crippen molar-refractivity contribution in [3.05, 3.63) is 17.7 Å². The third kappa shape index (κ3) is 2.27. The molecule has 1 aromatic rings. The lowest BCUT2D eigenvalue weighted by atomic mass is 9.96. The van der Waals surface area contributed by atoms with Crippen LogP contribution >= 0.6 is 0 Å². The molecule has 0 radical (unpaired) electrons. The van der Waals surface area contributed by atoms with Gasteiger partial charge in [-0.3, -0.25) is 0 Å². The van der Waals surface area contributed by atoms with Crippen LogP contribution in [0.25, 0.3) is 0 Å². The highest BCUT2D eigenvalue weighted by Crippen LogP contribution is 2.35. The average Bonchev–Trinajstić information content (AvgIpc) is 2.23. The third-order valence-electron chi connectivity index (χ3n) is 2.91. The fourth-order valence-electron chi connectivity index (χ4n) is 1.68. The highest BCUT2D eigenvalue weighted by atomic mass is 16.5. The summed E-state index contributed by atoms with van der Waals surface area (Å²) in [4.78, 5) is 11.0. The van der Waals surface area contributed by atoms with Crippen LogP contribution in [0.3, 0.4) is 0 Å². The van der Waals surface area contributed by atoms with Gasteiger partial charge in [0, 0.05) is 12.1 Å². The first-order chi connectivity index (χ1) is 8.11. The minimum atomic E-state index is -1.07. The molecule has 0 amide bonds. The van der Waals surface area contributed by atoms with E-state index in [0.29, 0.717) is 11.5 Å². The van der Waals surface area contributed by atoms with E-state index >= 15 is 0 Å². The lowest BCUT2D eigenvalue weighted by molar-refractivity contribution is 0.0695. The van der Waals surface area contributed by atoms with Crippen molar-refractivity contribution in [1.29, 1.82) is 0 Å². The molecule has 0 bridgehead atoms. The lowest BCUT2D eigenvalue weighted by Gasteiger charge is -2.27. The van der Waals surface area contributed by atoms with Crippen LogP contribution in [-0.2, 0) is 0 Å². The number of ether oxygens (including phenoxy) is 2. The molecule has 1 aliphatic rings. The Morgan fingerprint density at radius 1 is 1.41 bits per heavy atom. The Morgan fingerprint density at radius 3 is 2.59 bits per heavy atom. The van der Waals surface area contributed by atoms with Gasteiger partial charge >= 0.3 is 5.97 Å². The molecule has 1 saturated carbocycles. The fraction of sp³-hybridized carbons (Fsp3) is 0.417. The van der Waals surface area contributed by atoms with E-state index in [-0.39, 0.29) is 17.4 Å². The normalized spacial score (nSPS) is 15.1. The lowest BCUT2D eigenvalue weighted by Crippen LogP contribution is -2.25. The molecule has 0 aromatic heterocycles. The van der Waals surface area contributed by atoms with E-state index in [1.807, 2.05) is 0 Å². The molecule has 92 valence electrons. The molecule has 0 unspecified atom stereocenters. The first kappa shape index (κ1) is 11.6. The van der Waals surface area contributed by atoms with Crippen LogP contribution in [0.15, 0.2) is 12.1 Å². The summed E-state index contributed by atoms with van der Waals surface area (Å²) in [7, 11) is 1.50. The maximum Gasteiger partial charge on any atom is 0.337 e. The number of rotatable bonds is 4. The largest absolute Gasteiger partial charge is 0.493 e. The van der Waals surface area contributed by atoms with Crippen molar-refractivity contribution < 1.29 is 19.4 Å². The van der Waals surface area contributed by atoms with Crippen LogP contribution in [0.1, 0.15) is 29.6 Å². The van der Waals surface area contributed by atoms with Gasteiger partial charge in [-0.2, -0.15) is 0 Å². The van der Waals surface area contributed by atoms with Crippen LogP contribution in [0, 0.1) is 0 Å². The Morgan fingerprint density at radius 2 is 2.12 bits per heavy atom. The Balaban J connectivity index is 2.32. The SMILES string of the molecule is COc1cc(N)c(C(=O)O)cc1OC1CCC1. The number of hydrogen-bond donors (Lipinski definition) is 2. The average molecular weight is 237 g/mol. The number of anilines is 1. The topological polar surface area (TPSA) is 81.8 Å². The minimum Gasteiger partial charge on any atom is -0.493 e. The molecule has 2 rings (SSSR count). The van der Waals surface area contributed by atoms with Crippen molar-refractivity contribution in [2.45, 2.75) is 25.4 Å². The van der Waals surface area contributed by atoms with Gasteiger partial charge in [0.25, 0.3) is 0 Å². The van der Waals surface area contributed by atoms with Gasteiger partial charge in [-0.15, -0.1) is 0 Å². The molecule has 3 N–H and O–H groups in total. The van der Waals surface area contributed by atoms with Gasteiger partial charge in [-0.25, -0.2) is 4.79 Å². The molecule has 0 spiro atoms. The van der Waals surface area contributed by atoms with Crippen LogP contribution in [0.2, 0.25) is 0 Å². The number of hydrogen-bond acceptors (Lipinski definition) is 4. The minimum absolute atomic E-state index is 0.0418. The van der Waals surface area contributed by atoms with Crippen molar-refractivity contribution in [3.8, 4) is 11.5 Å². The first-order valence-electron chi connectivity index (χ1n) is 5.49. The van der Waals surface area contributed by atoms with Gasteiger partial charge in [0.05, 0.1) is 24.5 Å². The predicted molar refractivity (Wildman–Crippen MR) is 62.6 cm³/mol. The second kappa shape index (κ2) is 4.53. The van der Waals surface area contributed by atoms with Gasteiger partial charge in [-0.1, -0.05) is 0 Å². The molecule has 17 heavy (non-hydrogen) atoms. The van der Waals surface area contributed by atoms with Crippen LogP contribution in [-0.4, -0.2) is 24.3 Å². The summed E-state index contributed by atoms with van der Waals surface area (Å²) < 4.78 is 10.8. The smallest absolute Gasteiger partial charge is 0.337 e. The summed E-state index contributed by atoms with van der Waals surface area (Å²) in [5.74, 6) is -0.146. The molecule has 1 aromatic carbocycles. The van der Waals surface area contributed by atoms with Gasteiger partial charge in [0.1, 0.15) is 0 Å². The number of methoxy groups -OCH3 is 1. The Bertz CT molecular complexity index is 440. The number of nitrogens with two attached hydrogens (primary N) is 1. The number of carboxylic acids is 1.